The van der Waals surface area contributed by atoms with Crippen LogP contribution in [0.25, 0.3) is 0 Å². The van der Waals surface area contributed by atoms with Crippen molar-refractivity contribution in [3.05, 3.63) is 65.7 Å². The van der Waals surface area contributed by atoms with Gasteiger partial charge >= 0.3 is 0 Å². The SMILES string of the molecule is O=C(NCC1CCCN1)c1ccc(S(=O)(=O)Cc2ccccc2)cc1. The molecular formula is C19H22N2O3S. The summed E-state index contributed by atoms with van der Waals surface area (Å²) >= 11 is 0. The maximum absolute atomic E-state index is 12.5. The third-order valence-electron chi connectivity index (χ3n) is 4.35. The molecule has 25 heavy (non-hydrogen) atoms. The average molecular weight is 358 g/mol. The molecule has 5 nitrogen and oxygen atoms in total. The fourth-order valence-corrected chi connectivity index (χ4v) is 4.29. The molecule has 0 spiro atoms. The molecule has 1 atom stereocenters. The largest absolute Gasteiger partial charge is 0.350 e. The summed E-state index contributed by atoms with van der Waals surface area (Å²) in [5.41, 5.74) is 1.21. The van der Waals surface area contributed by atoms with Gasteiger partial charge in [0.05, 0.1) is 10.6 Å². The molecule has 2 aromatic carbocycles. The van der Waals surface area contributed by atoms with E-state index in [0.29, 0.717) is 18.2 Å². The molecule has 1 aliphatic rings. The van der Waals surface area contributed by atoms with Gasteiger partial charge in [0.2, 0.25) is 0 Å². The molecule has 0 radical (unpaired) electrons. The highest BCUT2D eigenvalue weighted by molar-refractivity contribution is 7.90. The van der Waals surface area contributed by atoms with Gasteiger partial charge in [-0.05, 0) is 49.2 Å². The Balaban J connectivity index is 1.63. The highest BCUT2D eigenvalue weighted by Crippen LogP contribution is 2.17. The maximum atomic E-state index is 12.5. The van der Waals surface area contributed by atoms with Crippen molar-refractivity contribution < 1.29 is 13.2 Å². The van der Waals surface area contributed by atoms with Gasteiger partial charge in [-0.1, -0.05) is 30.3 Å². The predicted octanol–water partition coefficient (Wildman–Crippen LogP) is 2.14. The van der Waals surface area contributed by atoms with Gasteiger partial charge in [-0.2, -0.15) is 0 Å². The second kappa shape index (κ2) is 7.80. The number of rotatable bonds is 6. The summed E-state index contributed by atoms with van der Waals surface area (Å²) in [5.74, 6) is -0.229. The lowest BCUT2D eigenvalue weighted by Gasteiger charge is -2.11. The molecule has 3 rings (SSSR count). The van der Waals surface area contributed by atoms with E-state index in [2.05, 4.69) is 10.6 Å². The molecule has 0 aliphatic carbocycles. The predicted molar refractivity (Wildman–Crippen MR) is 97.1 cm³/mol. The van der Waals surface area contributed by atoms with Crippen LogP contribution in [0.2, 0.25) is 0 Å². The van der Waals surface area contributed by atoms with Crippen LogP contribution < -0.4 is 10.6 Å². The quantitative estimate of drug-likeness (QED) is 0.830. The lowest BCUT2D eigenvalue weighted by Crippen LogP contribution is -2.37. The number of nitrogens with one attached hydrogen (secondary N) is 2. The van der Waals surface area contributed by atoms with Crippen molar-refractivity contribution in [2.45, 2.75) is 29.5 Å². The Labute approximate surface area is 148 Å². The van der Waals surface area contributed by atoms with Crippen molar-refractivity contribution in [3.8, 4) is 0 Å². The summed E-state index contributed by atoms with van der Waals surface area (Å²) in [6, 6.07) is 15.5. The fraction of sp³-hybridized carbons (Fsp3) is 0.316. The smallest absolute Gasteiger partial charge is 0.251 e. The van der Waals surface area contributed by atoms with Gasteiger partial charge in [0.1, 0.15) is 0 Å². The second-order valence-corrected chi connectivity index (χ2v) is 8.26. The number of benzene rings is 2. The Morgan fingerprint density at radius 3 is 2.44 bits per heavy atom. The van der Waals surface area contributed by atoms with Crippen molar-refractivity contribution in [1.29, 1.82) is 0 Å². The van der Waals surface area contributed by atoms with Gasteiger partial charge in [0, 0.05) is 18.2 Å². The summed E-state index contributed by atoms with van der Waals surface area (Å²) in [5, 5.41) is 6.21. The molecule has 1 unspecified atom stereocenters. The van der Waals surface area contributed by atoms with Crippen LogP contribution in [0.1, 0.15) is 28.8 Å². The third-order valence-corrected chi connectivity index (χ3v) is 6.05. The Morgan fingerprint density at radius 2 is 1.80 bits per heavy atom. The molecule has 2 N–H and O–H groups in total. The summed E-state index contributed by atoms with van der Waals surface area (Å²) in [4.78, 5) is 12.4. The second-order valence-electron chi connectivity index (χ2n) is 6.27. The molecule has 0 aromatic heterocycles. The van der Waals surface area contributed by atoms with E-state index in [1.807, 2.05) is 18.2 Å². The van der Waals surface area contributed by atoms with E-state index < -0.39 is 9.84 Å². The fourth-order valence-electron chi connectivity index (χ4n) is 2.94. The van der Waals surface area contributed by atoms with E-state index >= 15 is 0 Å². The van der Waals surface area contributed by atoms with Crippen LogP contribution in [0.15, 0.2) is 59.5 Å². The first-order valence-electron chi connectivity index (χ1n) is 8.43. The summed E-state index contributed by atoms with van der Waals surface area (Å²) < 4.78 is 24.9. The number of sulfone groups is 1. The van der Waals surface area contributed by atoms with Crippen LogP contribution in [0.5, 0.6) is 0 Å². The lowest BCUT2D eigenvalue weighted by atomic mass is 10.2. The lowest BCUT2D eigenvalue weighted by molar-refractivity contribution is 0.0950. The van der Waals surface area contributed by atoms with Crippen molar-refractivity contribution >= 4 is 15.7 Å². The van der Waals surface area contributed by atoms with Crippen LogP contribution in [0.3, 0.4) is 0 Å². The van der Waals surface area contributed by atoms with E-state index in [1.165, 1.54) is 12.1 Å². The number of hydrogen-bond acceptors (Lipinski definition) is 4. The Morgan fingerprint density at radius 1 is 1.08 bits per heavy atom. The Bertz CT molecular complexity index is 812. The zero-order valence-electron chi connectivity index (χ0n) is 13.9. The standard InChI is InChI=1S/C19H22N2O3S/c22-19(21-13-17-7-4-12-20-17)16-8-10-18(11-9-16)25(23,24)14-15-5-2-1-3-6-15/h1-3,5-6,8-11,17,20H,4,7,12-14H2,(H,21,22). The number of amides is 1. The molecule has 2 aromatic rings. The first kappa shape index (κ1) is 17.6. The van der Waals surface area contributed by atoms with Gasteiger partial charge in [0.25, 0.3) is 5.91 Å². The molecular weight excluding hydrogens is 336 g/mol. The van der Waals surface area contributed by atoms with Crippen molar-refractivity contribution in [1.82, 2.24) is 10.6 Å². The van der Waals surface area contributed by atoms with Crippen LogP contribution >= 0.6 is 0 Å². The van der Waals surface area contributed by atoms with Crippen LogP contribution in [-0.4, -0.2) is 33.5 Å². The molecule has 1 amide bonds. The highest BCUT2D eigenvalue weighted by Gasteiger charge is 2.17. The molecule has 1 saturated heterocycles. The van der Waals surface area contributed by atoms with Crippen LogP contribution in [0, 0.1) is 0 Å². The molecule has 1 heterocycles. The van der Waals surface area contributed by atoms with Gasteiger partial charge < -0.3 is 10.6 Å². The summed E-state index contributed by atoms with van der Waals surface area (Å²) in [6.45, 7) is 1.58. The van der Waals surface area contributed by atoms with Crippen LogP contribution in [0.4, 0.5) is 0 Å². The minimum atomic E-state index is -3.42. The number of carbonyl (C=O) groups is 1. The molecule has 1 fully saturated rings. The summed E-state index contributed by atoms with van der Waals surface area (Å²) in [7, 11) is -3.42. The van der Waals surface area contributed by atoms with Gasteiger partial charge in [-0.15, -0.1) is 0 Å². The van der Waals surface area contributed by atoms with Crippen molar-refractivity contribution in [3.63, 3.8) is 0 Å². The van der Waals surface area contributed by atoms with Crippen molar-refractivity contribution in [2.75, 3.05) is 13.1 Å². The minimum absolute atomic E-state index is 0.0489. The first-order chi connectivity index (χ1) is 12.0. The van der Waals surface area contributed by atoms with Gasteiger partial charge in [-0.25, -0.2) is 8.42 Å². The number of hydrogen-bond donors (Lipinski definition) is 2. The zero-order chi connectivity index (χ0) is 17.7. The van der Waals surface area contributed by atoms with Gasteiger partial charge in [-0.3, -0.25) is 4.79 Å². The normalized spacial score (nSPS) is 17.4. The Hall–Kier alpha value is -2.18. The van der Waals surface area contributed by atoms with E-state index in [0.717, 1.165) is 24.9 Å². The van der Waals surface area contributed by atoms with E-state index in [1.54, 1.807) is 24.3 Å². The Kier molecular flexibility index (Phi) is 5.50. The monoisotopic (exact) mass is 358 g/mol. The highest BCUT2D eigenvalue weighted by atomic mass is 32.2. The molecule has 1 aliphatic heterocycles. The minimum Gasteiger partial charge on any atom is -0.350 e. The molecule has 6 heteroatoms. The van der Waals surface area contributed by atoms with E-state index in [-0.39, 0.29) is 16.6 Å². The third kappa shape index (κ3) is 4.67. The van der Waals surface area contributed by atoms with Crippen LogP contribution in [-0.2, 0) is 15.6 Å². The summed E-state index contributed by atoms with van der Waals surface area (Å²) in [6.07, 6.45) is 2.20. The first-order valence-corrected chi connectivity index (χ1v) is 10.1. The maximum Gasteiger partial charge on any atom is 0.251 e. The van der Waals surface area contributed by atoms with Gasteiger partial charge in [0.15, 0.2) is 9.84 Å². The average Bonchev–Trinajstić information content (AvgIpc) is 3.14. The zero-order valence-corrected chi connectivity index (χ0v) is 14.8. The molecule has 132 valence electrons. The molecule has 0 saturated carbocycles. The van der Waals surface area contributed by atoms with E-state index in [4.69, 9.17) is 0 Å². The van der Waals surface area contributed by atoms with E-state index in [9.17, 15) is 13.2 Å². The number of carbonyl (C=O) groups excluding carboxylic acids is 1. The molecule has 0 bridgehead atoms. The van der Waals surface area contributed by atoms with Crippen molar-refractivity contribution in [2.24, 2.45) is 0 Å². The topological polar surface area (TPSA) is 75.3 Å².